The van der Waals surface area contributed by atoms with Gasteiger partial charge >= 0.3 is 0 Å². The van der Waals surface area contributed by atoms with Crippen LogP contribution in [0.1, 0.15) is 5.56 Å². The Balaban J connectivity index is 1.78. The first-order valence-corrected chi connectivity index (χ1v) is 6.99. The molecule has 3 heteroatoms. The van der Waals surface area contributed by atoms with Crippen molar-refractivity contribution in [3.8, 4) is 0 Å². The van der Waals surface area contributed by atoms with E-state index >= 15 is 0 Å². The zero-order chi connectivity index (χ0) is 15.4. The fraction of sp³-hybridized carbons (Fsp3) is 0. The van der Waals surface area contributed by atoms with Gasteiger partial charge in [-0.3, -0.25) is 10.0 Å². The number of hydroxylamine groups is 1. The molecule has 1 amide bonds. The maximum atomic E-state index is 12.0. The third kappa shape index (κ3) is 3.05. The van der Waals surface area contributed by atoms with Gasteiger partial charge in [0.05, 0.1) is 5.69 Å². The Morgan fingerprint density at radius 1 is 0.864 bits per heavy atom. The van der Waals surface area contributed by atoms with E-state index in [-0.39, 0.29) is 0 Å². The molecule has 0 saturated carbocycles. The van der Waals surface area contributed by atoms with Crippen LogP contribution in [0.4, 0.5) is 5.69 Å². The van der Waals surface area contributed by atoms with Gasteiger partial charge in [-0.25, -0.2) is 0 Å². The summed E-state index contributed by atoms with van der Waals surface area (Å²) < 4.78 is 0. The van der Waals surface area contributed by atoms with Gasteiger partial charge in [0.25, 0.3) is 5.91 Å². The second kappa shape index (κ2) is 6.24. The van der Waals surface area contributed by atoms with Crippen molar-refractivity contribution in [3.63, 3.8) is 0 Å². The molecular weight excluding hydrogens is 274 g/mol. The molecule has 0 atom stereocenters. The summed E-state index contributed by atoms with van der Waals surface area (Å²) in [5.74, 6) is -0.487. The number of anilines is 1. The van der Waals surface area contributed by atoms with Gasteiger partial charge in [-0.05, 0) is 40.6 Å². The molecule has 0 heterocycles. The zero-order valence-electron chi connectivity index (χ0n) is 11.9. The Morgan fingerprint density at radius 2 is 1.55 bits per heavy atom. The van der Waals surface area contributed by atoms with E-state index in [4.69, 9.17) is 0 Å². The fourth-order valence-corrected chi connectivity index (χ4v) is 2.25. The van der Waals surface area contributed by atoms with Crippen LogP contribution < -0.4 is 5.06 Å². The van der Waals surface area contributed by atoms with Crippen LogP contribution in [0.15, 0.2) is 78.9 Å². The van der Waals surface area contributed by atoms with Crippen molar-refractivity contribution in [2.75, 3.05) is 5.06 Å². The average molecular weight is 289 g/mol. The minimum atomic E-state index is -0.487. The predicted molar refractivity (Wildman–Crippen MR) is 88.7 cm³/mol. The lowest BCUT2D eigenvalue weighted by Crippen LogP contribution is -2.24. The van der Waals surface area contributed by atoms with Crippen molar-refractivity contribution >= 4 is 28.4 Å². The Labute approximate surface area is 128 Å². The van der Waals surface area contributed by atoms with Crippen LogP contribution in [0.5, 0.6) is 0 Å². The average Bonchev–Trinajstić information content (AvgIpc) is 2.59. The van der Waals surface area contributed by atoms with E-state index in [0.717, 1.165) is 16.3 Å². The lowest BCUT2D eigenvalue weighted by Gasteiger charge is -2.12. The molecule has 108 valence electrons. The first-order valence-electron chi connectivity index (χ1n) is 6.99. The Kier molecular flexibility index (Phi) is 3.99. The van der Waals surface area contributed by atoms with Crippen LogP contribution in [0.2, 0.25) is 0 Å². The van der Waals surface area contributed by atoms with Crippen LogP contribution in [0, 0.1) is 0 Å². The summed E-state index contributed by atoms with van der Waals surface area (Å²) in [5.41, 5.74) is 1.35. The molecule has 3 aromatic rings. The Morgan fingerprint density at radius 3 is 2.32 bits per heavy atom. The number of carbonyl (C=O) groups excluding carboxylic acids is 1. The van der Waals surface area contributed by atoms with Crippen LogP contribution in [-0.4, -0.2) is 11.1 Å². The summed E-state index contributed by atoms with van der Waals surface area (Å²) in [5, 5.41) is 12.8. The maximum absolute atomic E-state index is 12.0. The molecular formula is C19H15NO2. The molecule has 1 N–H and O–H groups in total. The van der Waals surface area contributed by atoms with Crippen molar-refractivity contribution in [1.29, 1.82) is 0 Å². The molecule has 22 heavy (non-hydrogen) atoms. The Hall–Kier alpha value is -2.91. The minimum absolute atomic E-state index is 0.440. The van der Waals surface area contributed by atoms with Crippen LogP contribution in [-0.2, 0) is 4.79 Å². The number of rotatable bonds is 3. The number of amides is 1. The number of nitrogens with zero attached hydrogens (tertiary/aromatic N) is 1. The molecule has 3 aromatic carbocycles. The van der Waals surface area contributed by atoms with Crippen molar-refractivity contribution in [2.45, 2.75) is 0 Å². The van der Waals surface area contributed by atoms with Gasteiger partial charge in [-0.15, -0.1) is 0 Å². The number of benzene rings is 3. The van der Waals surface area contributed by atoms with Crippen molar-refractivity contribution in [1.82, 2.24) is 0 Å². The normalized spacial score (nSPS) is 11.0. The van der Waals surface area contributed by atoms with E-state index in [9.17, 15) is 10.0 Å². The number of hydrogen-bond acceptors (Lipinski definition) is 2. The summed E-state index contributed by atoms with van der Waals surface area (Å²) in [7, 11) is 0. The number of para-hydroxylation sites is 1. The van der Waals surface area contributed by atoms with Gasteiger partial charge in [0.15, 0.2) is 0 Å². The number of fused-ring (bicyclic) bond motifs is 1. The SMILES string of the molecule is O=C(/C=C/c1ccc2ccccc2c1)N(O)c1ccccc1. The van der Waals surface area contributed by atoms with E-state index in [1.807, 2.05) is 48.5 Å². The predicted octanol–water partition coefficient (Wildman–Crippen LogP) is 4.28. The third-order valence-electron chi connectivity index (χ3n) is 3.40. The molecule has 3 rings (SSSR count). The van der Waals surface area contributed by atoms with E-state index in [2.05, 4.69) is 0 Å². The highest BCUT2D eigenvalue weighted by atomic mass is 16.5. The zero-order valence-corrected chi connectivity index (χ0v) is 11.9. The lowest BCUT2D eigenvalue weighted by atomic mass is 10.1. The molecule has 0 spiro atoms. The molecule has 0 unspecified atom stereocenters. The van der Waals surface area contributed by atoms with Crippen LogP contribution >= 0.6 is 0 Å². The molecule has 0 aromatic heterocycles. The lowest BCUT2D eigenvalue weighted by molar-refractivity contribution is -0.118. The topological polar surface area (TPSA) is 40.5 Å². The highest BCUT2D eigenvalue weighted by molar-refractivity contribution is 6.02. The smallest absolute Gasteiger partial charge is 0.274 e. The first kappa shape index (κ1) is 14.0. The summed E-state index contributed by atoms with van der Waals surface area (Å²) >= 11 is 0. The van der Waals surface area contributed by atoms with E-state index < -0.39 is 5.91 Å². The molecule has 3 nitrogen and oxygen atoms in total. The summed E-state index contributed by atoms with van der Waals surface area (Å²) in [6.07, 6.45) is 3.05. The van der Waals surface area contributed by atoms with Gasteiger partial charge in [0, 0.05) is 6.08 Å². The fourth-order valence-electron chi connectivity index (χ4n) is 2.25. The van der Waals surface area contributed by atoms with Crippen LogP contribution in [0.25, 0.3) is 16.8 Å². The van der Waals surface area contributed by atoms with Crippen molar-refractivity contribution < 1.29 is 10.0 Å². The minimum Gasteiger partial charge on any atom is -0.281 e. The van der Waals surface area contributed by atoms with E-state index in [0.29, 0.717) is 10.8 Å². The van der Waals surface area contributed by atoms with Gasteiger partial charge in [-0.2, -0.15) is 5.06 Å². The molecule has 0 aliphatic rings. The van der Waals surface area contributed by atoms with Gasteiger partial charge in [0.2, 0.25) is 0 Å². The molecule has 0 aliphatic carbocycles. The highest BCUT2D eigenvalue weighted by Gasteiger charge is 2.08. The third-order valence-corrected chi connectivity index (χ3v) is 3.40. The highest BCUT2D eigenvalue weighted by Crippen LogP contribution is 2.17. The molecule has 0 bridgehead atoms. The summed E-state index contributed by atoms with van der Waals surface area (Å²) in [6, 6.07) is 22.7. The number of hydrogen-bond donors (Lipinski definition) is 1. The van der Waals surface area contributed by atoms with E-state index in [1.165, 1.54) is 6.08 Å². The van der Waals surface area contributed by atoms with E-state index in [1.54, 1.807) is 30.3 Å². The standard InChI is InChI=1S/C19H15NO2/c21-19(20(22)18-8-2-1-3-9-18)13-11-15-10-12-16-6-4-5-7-17(16)14-15/h1-14,22H/b13-11+. The molecule has 0 saturated heterocycles. The molecule has 0 aliphatic heterocycles. The van der Waals surface area contributed by atoms with Crippen molar-refractivity contribution in [2.24, 2.45) is 0 Å². The monoisotopic (exact) mass is 289 g/mol. The van der Waals surface area contributed by atoms with Crippen molar-refractivity contribution in [3.05, 3.63) is 84.4 Å². The summed E-state index contributed by atoms with van der Waals surface area (Å²) in [6.45, 7) is 0. The second-order valence-electron chi connectivity index (χ2n) is 4.93. The first-order chi connectivity index (χ1) is 10.7. The molecule has 0 radical (unpaired) electrons. The summed E-state index contributed by atoms with van der Waals surface area (Å²) in [4.78, 5) is 12.0. The van der Waals surface area contributed by atoms with Gasteiger partial charge in [0.1, 0.15) is 0 Å². The second-order valence-corrected chi connectivity index (χ2v) is 4.93. The van der Waals surface area contributed by atoms with Gasteiger partial charge < -0.3 is 0 Å². The molecule has 0 fully saturated rings. The van der Waals surface area contributed by atoms with Gasteiger partial charge in [-0.1, -0.05) is 54.6 Å². The Bertz CT molecular complexity index is 825. The maximum Gasteiger partial charge on any atom is 0.274 e. The number of carbonyl (C=O) groups is 1. The quantitative estimate of drug-likeness (QED) is 0.444. The largest absolute Gasteiger partial charge is 0.281 e. The van der Waals surface area contributed by atoms with Crippen LogP contribution in [0.3, 0.4) is 0 Å².